The Labute approximate surface area is 195 Å². The topological polar surface area (TPSA) is 48.0 Å². The van der Waals surface area contributed by atoms with Crippen molar-refractivity contribution in [2.45, 2.75) is 89.3 Å². The summed E-state index contributed by atoms with van der Waals surface area (Å²) in [5.74, 6) is -0.0339. The lowest BCUT2D eigenvalue weighted by molar-refractivity contribution is -0.272. The van der Waals surface area contributed by atoms with Crippen LogP contribution >= 0.6 is 0 Å². The molecule has 1 spiro atoms. The van der Waals surface area contributed by atoms with Crippen LogP contribution < -0.4 is 0 Å². The zero-order chi connectivity index (χ0) is 23.9. The van der Waals surface area contributed by atoms with Crippen molar-refractivity contribution in [2.75, 3.05) is 0 Å². The number of benzene rings is 1. The fraction of sp³-hybridized carbons (Fsp3) is 0.560. The molecule has 0 saturated carbocycles. The van der Waals surface area contributed by atoms with Crippen LogP contribution in [-0.2, 0) is 25.1 Å². The molecule has 0 N–H and O–H groups in total. The summed E-state index contributed by atoms with van der Waals surface area (Å²) in [4.78, 5) is 18.8. The van der Waals surface area contributed by atoms with Crippen LogP contribution in [0.4, 0.5) is 0 Å². The number of hydrogen-bond donors (Lipinski definition) is 0. The van der Waals surface area contributed by atoms with Crippen molar-refractivity contribution in [3.8, 4) is 0 Å². The van der Waals surface area contributed by atoms with Crippen molar-refractivity contribution in [1.82, 2.24) is 5.06 Å². The third-order valence-electron chi connectivity index (χ3n) is 6.67. The Morgan fingerprint density at radius 3 is 2.25 bits per heavy atom. The molecule has 0 radical (unpaired) electrons. The minimum absolute atomic E-state index is 0.0339. The molecule has 1 aliphatic heterocycles. The fourth-order valence-electron chi connectivity index (χ4n) is 3.85. The maximum absolute atomic E-state index is 12.7. The zero-order valence-electron chi connectivity index (χ0n) is 20.9. The highest BCUT2D eigenvalue weighted by Crippen LogP contribution is 2.47. The molecular weight excluding hydrogens is 434 g/mol. The van der Waals surface area contributed by atoms with Gasteiger partial charge in [0, 0.05) is 0 Å². The first-order chi connectivity index (χ1) is 14.7. The van der Waals surface area contributed by atoms with E-state index in [-0.39, 0.29) is 23.2 Å². The van der Waals surface area contributed by atoms with Crippen molar-refractivity contribution in [3.05, 3.63) is 60.2 Å². The summed E-state index contributed by atoms with van der Waals surface area (Å²) in [5.41, 5.74) is 1.23. The van der Waals surface area contributed by atoms with Gasteiger partial charge in [-0.25, -0.2) is 5.06 Å². The minimum Gasteiger partial charge on any atom is -0.409 e. The van der Waals surface area contributed by atoms with Gasteiger partial charge in [-0.05, 0) is 48.9 Å². The van der Waals surface area contributed by atoms with Gasteiger partial charge in [0.1, 0.15) is 18.2 Å². The van der Waals surface area contributed by atoms with Crippen molar-refractivity contribution in [2.24, 2.45) is 0 Å². The first kappa shape index (κ1) is 25.1. The lowest BCUT2D eigenvalue weighted by Gasteiger charge is -2.57. The number of amides is 1. The largest absolute Gasteiger partial charge is 0.409 e. The number of rotatable bonds is 7. The molecule has 0 aromatic heterocycles. The second kappa shape index (κ2) is 8.68. The summed E-state index contributed by atoms with van der Waals surface area (Å²) in [5, 5.41) is 1.57. The summed E-state index contributed by atoms with van der Waals surface area (Å²) >= 11 is 0. The van der Waals surface area contributed by atoms with Gasteiger partial charge in [-0.2, -0.15) is 0 Å². The number of carbonyl (C=O) groups is 1. The number of nitrogens with zero attached hydrogens (tertiary/aromatic N) is 1. The summed E-state index contributed by atoms with van der Waals surface area (Å²) in [6.45, 7) is 22.3. The molecule has 3 rings (SSSR count). The number of hydrogen-bond acceptors (Lipinski definition) is 4. The SMILES string of the molecule is C=C1C=C[C@]2(CC(=O)N2OCc2ccccc2)[C@H](O[Si](C)(C)C)[C@H]1O[Si](C)(C)C(C)(C)C. The fourth-order valence-corrected chi connectivity index (χ4v) is 6.20. The second-order valence-corrected chi connectivity index (χ2v) is 20.7. The molecule has 1 fully saturated rings. The molecule has 32 heavy (non-hydrogen) atoms. The maximum Gasteiger partial charge on any atom is 0.249 e. The Morgan fingerprint density at radius 1 is 1.09 bits per heavy atom. The van der Waals surface area contributed by atoms with Gasteiger partial charge in [-0.15, -0.1) is 0 Å². The highest BCUT2D eigenvalue weighted by Gasteiger charge is 2.62. The smallest absolute Gasteiger partial charge is 0.249 e. The van der Waals surface area contributed by atoms with Crippen LogP contribution in [0.1, 0.15) is 32.8 Å². The van der Waals surface area contributed by atoms with Crippen molar-refractivity contribution in [1.29, 1.82) is 0 Å². The maximum atomic E-state index is 12.7. The van der Waals surface area contributed by atoms with Gasteiger partial charge in [-0.1, -0.05) is 69.8 Å². The van der Waals surface area contributed by atoms with Gasteiger partial charge >= 0.3 is 0 Å². The van der Waals surface area contributed by atoms with E-state index in [0.717, 1.165) is 11.1 Å². The normalized spacial score (nSPS) is 26.6. The van der Waals surface area contributed by atoms with E-state index in [1.54, 1.807) is 0 Å². The summed E-state index contributed by atoms with van der Waals surface area (Å²) in [6.07, 6.45) is 3.71. The molecule has 0 bridgehead atoms. The molecule has 5 nitrogen and oxygen atoms in total. The van der Waals surface area contributed by atoms with E-state index in [1.807, 2.05) is 42.5 Å². The van der Waals surface area contributed by atoms with E-state index in [1.165, 1.54) is 5.06 Å². The molecular formula is C25H39NO4Si2. The molecule has 1 saturated heterocycles. The van der Waals surface area contributed by atoms with E-state index in [9.17, 15) is 4.79 Å². The molecule has 1 aromatic carbocycles. The van der Waals surface area contributed by atoms with Gasteiger partial charge in [0.25, 0.3) is 0 Å². The molecule has 2 aliphatic rings. The monoisotopic (exact) mass is 473 g/mol. The Balaban J connectivity index is 1.94. The van der Waals surface area contributed by atoms with Crippen LogP contribution in [0.5, 0.6) is 0 Å². The molecule has 7 heteroatoms. The van der Waals surface area contributed by atoms with Crippen molar-refractivity contribution >= 4 is 22.5 Å². The van der Waals surface area contributed by atoms with E-state index in [0.29, 0.717) is 13.0 Å². The molecule has 1 aliphatic carbocycles. The van der Waals surface area contributed by atoms with E-state index >= 15 is 0 Å². The van der Waals surface area contributed by atoms with Gasteiger partial charge in [0.2, 0.25) is 5.91 Å². The lowest BCUT2D eigenvalue weighted by atomic mass is 9.73. The highest BCUT2D eigenvalue weighted by molar-refractivity contribution is 6.74. The van der Waals surface area contributed by atoms with Crippen LogP contribution in [-0.4, -0.2) is 45.4 Å². The second-order valence-electron chi connectivity index (χ2n) is 11.5. The average molecular weight is 474 g/mol. The van der Waals surface area contributed by atoms with Crippen LogP contribution in [0.3, 0.4) is 0 Å². The van der Waals surface area contributed by atoms with Crippen LogP contribution in [0.25, 0.3) is 0 Å². The predicted molar refractivity (Wildman–Crippen MR) is 134 cm³/mol. The minimum atomic E-state index is -2.12. The molecule has 1 heterocycles. The van der Waals surface area contributed by atoms with Crippen LogP contribution in [0.2, 0.25) is 37.8 Å². The van der Waals surface area contributed by atoms with Gasteiger partial charge in [-0.3, -0.25) is 9.63 Å². The number of hydroxylamine groups is 2. The summed E-state index contributed by atoms with van der Waals surface area (Å²) < 4.78 is 13.6. The van der Waals surface area contributed by atoms with Crippen molar-refractivity contribution in [3.63, 3.8) is 0 Å². The Bertz CT molecular complexity index is 885. The molecule has 3 atom stereocenters. The Hall–Kier alpha value is -1.52. The van der Waals surface area contributed by atoms with Gasteiger partial charge in [0.05, 0.1) is 12.5 Å². The zero-order valence-corrected chi connectivity index (χ0v) is 22.9. The standard InChI is InChI=1S/C25H39NO4Si2/c1-19-15-16-25(17-21(27)26(25)28-18-20-13-11-10-12-14-20)23(30-31(5,6)7)22(19)29-32(8,9)24(2,3)4/h10-16,22-23H,1,17-18H2,2-9H3/t22-,23+,25-/m0/s1. The Morgan fingerprint density at radius 2 is 1.72 bits per heavy atom. The third kappa shape index (κ3) is 5.02. The molecule has 1 amide bonds. The first-order valence-electron chi connectivity index (χ1n) is 11.4. The molecule has 1 aromatic rings. The number of β-lactam (4-membered cyclic amide) rings is 1. The predicted octanol–water partition coefficient (Wildman–Crippen LogP) is 5.83. The lowest BCUT2D eigenvalue weighted by Crippen LogP contribution is -2.73. The van der Waals surface area contributed by atoms with Crippen LogP contribution in [0.15, 0.2) is 54.6 Å². The van der Waals surface area contributed by atoms with E-state index in [2.05, 4.69) is 60.1 Å². The van der Waals surface area contributed by atoms with E-state index < -0.39 is 22.2 Å². The van der Waals surface area contributed by atoms with Crippen molar-refractivity contribution < 1.29 is 18.5 Å². The van der Waals surface area contributed by atoms with Gasteiger partial charge < -0.3 is 8.85 Å². The quantitative estimate of drug-likeness (QED) is 0.369. The summed E-state index contributed by atoms with van der Waals surface area (Å²) in [6, 6.07) is 9.90. The average Bonchev–Trinajstić information content (AvgIpc) is 2.65. The van der Waals surface area contributed by atoms with E-state index in [4.69, 9.17) is 13.7 Å². The molecule has 176 valence electrons. The first-order valence-corrected chi connectivity index (χ1v) is 17.7. The van der Waals surface area contributed by atoms with Gasteiger partial charge in [0.15, 0.2) is 16.6 Å². The highest BCUT2D eigenvalue weighted by atomic mass is 28.4. The number of carbonyl (C=O) groups excluding carboxylic acids is 1. The Kier molecular flexibility index (Phi) is 6.82. The molecule has 0 unspecified atom stereocenters. The summed E-state index contributed by atoms with van der Waals surface area (Å²) in [7, 11) is -4.10. The third-order valence-corrected chi connectivity index (χ3v) is 12.1. The van der Waals surface area contributed by atoms with Crippen LogP contribution in [0, 0.1) is 0 Å².